The highest BCUT2D eigenvalue weighted by molar-refractivity contribution is 6.33. The van der Waals surface area contributed by atoms with Crippen molar-refractivity contribution in [3.05, 3.63) is 10.7 Å². The minimum absolute atomic E-state index is 0. The topological polar surface area (TPSA) is 87.3 Å². The molecular formula is C13H22Cl3N5O. The summed E-state index contributed by atoms with van der Waals surface area (Å²) in [5, 5.41) is 14.6. The number of hydrogen-bond donors (Lipinski definition) is 3. The Morgan fingerprint density at radius 2 is 2.09 bits per heavy atom. The highest BCUT2D eigenvalue weighted by Crippen LogP contribution is 2.36. The van der Waals surface area contributed by atoms with Gasteiger partial charge in [-0.15, -0.1) is 24.8 Å². The van der Waals surface area contributed by atoms with Gasteiger partial charge in [-0.2, -0.15) is 4.98 Å². The number of halogens is 3. The van der Waals surface area contributed by atoms with Gasteiger partial charge in [0.15, 0.2) is 5.82 Å². The summed E-state index contributed by atoms with van der Waals surface area (Å²) in [4.78, 5) is 10.5. The maximum Gasteiger partial charge on any atom is 0.222 e. The normalized spacial score (nSPS) is 27.4. The second kappa shape index (κ2) is 7.36. The zero-order valence-electron chi connectivity index (χ0n) is 12.4. The van der Waals surface area contributed by atoms with Crippen LogP contribution in [0.5, 0.6) is 0 Å². The van der Waals surface area contributed by atoms with E-state index in [1.54, 1.807) is 0 Å². The van der Waals surface area contributed by atoms with Gasteiger partial charge in [-0.3, -0.25) is 0 Å². The van der Waals surface area contributed by atoms with Crippen molar-refractivity contribution >= 4 is 48.2 Å². The second-order valence-electron chi connectivity index (χ2n) is 5.76. The standard InChI is InChI=1S/C13H20ClN5O.2ClH/c1-8-10(14)11(18-12(15)17-8)19-5-3-13(20)2-4-16-6-9(13)7-19;;/h9,16,20H,2-7H2,1H3,(H2,15,17,18);2*1H/t9-,13-;;/m0../s1. The van der Waals surface area contributed by atoms with Crippen molar-refractivity contribution in [3.8, 4) is 0 Å². The first kappa shape index (κ1) is 19.5. The van der Waals surface area contributed by atoms with E-state index in [2.05, 4.69) is 20.2 Å². The molecule has 4 N–H and O–H groups in total. The average molecular weight is 371 g/mol. The van der Waals surface area contributed by atoms with Crippen LogP contribution >= 0.6 is 36.4 Å². The number of aryl methyl sites for hydroxylation is 1. The first-order valence-corrected chi connectivity index (χ1v) is 7.35. The van der Waals surface area contributed by atoms with E-state index in [9.17, 15) is 5.11 Å². The monoisotopic (exact) mass is 369 g/mol. The Morgan fingerprint density at radius 1 is 1.36 bits per heavy atom. The number of nitrogens with two attached hydrogens (primary N) is 1. The van der Waals surface area contributed by atoms with E-state index in [1.165, 1.54) is 0 Å². The van der Waals surface area contributed by atoms with E-state index >= 15 is 0 Å². The Hall–Kier alpha value is -0.530. The molecule has 2 aliphatic heterocycles. The quantitative estimate of drug-likeness (QED) is 0.693. The van der Waals surface area contributed by atoms with Crippen LogP contribution in [-0.2, 0) is 0 Å². The van der Waals surface area contributed by atoms with Crippen molar-refractivity contribution in [2.24, 2.45) is 5.92 Å². The van der Waals surface area contributed by atoms with Crippen LogP contribution < -0.4 is 16.0 Å². The van der Waals surface area contributed by atoms with Gasteiger partial charge in [0.1, 0.15) is 5.02 Å². The van der Waals surface area contributed by atoms with Crippen molar-refractivity contribution in [1.82, 2.24) is 15.3 Å². The molecule has 2 fully saturated rings. The van der Waals surface area contributed by atoms with Gasteiger partial charge in [-0.05, 0) is 26.3 Å². The van der Waals surface area contributed by atoms with Crippen LogP contribution in [0.4, 0.5) is 11.8 Å². The molecule has 0 aliphatic carbocycles. The van der Waals surface area contributed by atoms with Gasteiger partial charge < -0.3 is 21.1 Å². The molecule has 2 saturated heterocycles. The minimum atomic E-state index is -0.554. The van der Waals surface area contributed by atoms with Gasteiger partial charge in [-0.1, -0.05) is 11.6 Å². The zero-order valence-corrected chi connectivity index (χ0v) is 14.8. The average Bonchev–Trinajstić information content (AvgIpc) is 2.42. The lowest BCUT2D eigenvalue weighted by atomic mass is 9.76. The third-order valence-corrected chi connectivity index (χ3v) is 4.90. The molecule has 1 aromatic heterocycles. The van der Waals surface area contributed by atoms with Crippen molar-refractivity contribution < 1.29 is 5.11 Å². The van der Waals surface area contributed by atoms with Gasteiger partial charge in [0.05, 0.1) is 11.3 Å². The van der Waals surface area contributed by atoms with Gasteiger partial charge in [0.25, 0.3) is 0 Å². The summed E-state index contributed by atoms with van der Waals surface area (Å²) in [7, 11) is 0. The van der Waals surface area contributed by atoms with E-state index in [-0.39, 0.29) is 36.7 Å². The fraction of sp³-hybridized carbons (Fsp3) is 0.692. The van der Waals surface area contributed by atoms with Crippen LogP contribution in [-0.4, -0.2) is 46.9 Å². The van der Waals surface area contributed by atoms with Crippen molar-refractivity contribution in [1.29, 1.82) is 0 Å². The second-order valence-corrected chi connectivity index (χ2v) is 6.13. The predicted molar refractivity (Wildman–Crippen MR) is 93.4 cm³/mol. The number of piperidine rings is 2. The molecule has 6 nitrogen and oxygen atoms in total. The van der Waals surface area contributed by atoms with Crippen LogP contribution in [0.15, 0.2) is 0 Å². The first-order chi connectivity index (χ1) is 9.49. The third-order valence-electron chi connectivity index (χ3n) is 4.46. The number of rotatable bonds is 1. The fourth-order valence-electron chi connectivity index (χ4n) is 3.19. The van der Waals surface area contributed by atoms with Crippen LogP contribution in [0.2, 0.25) is 5.02 Å². The molecule has 0 spiro atoms. The van der Waals surface area contributed by atoms with Crippen LogP contribution in [0, 0.1) is 12.8 Å². The largest absolute Gasteiger partial charge is 0.389 e. The summed E-state index contributed by atoms with van der Waals surface area (Å²) in [5.41, 5.74) is 5.86. The number of nitrogen functional groups attached to an aromatic ring is 1. The maximum absolute atomic E-state index is 10.7. The lowest BCUT2D eigenvalue weighted by Crippen LogP contribution is -2.59. The molecule has 0 aromatic carbocycles. The Labute approximate surface area is 147 Å². The lowest BCUT2D eigenvalue weighted by Gasteiger charge is -2.48. The van der Waals surface area contributed by atoms with Gasteiger partial charge in [-0.25, -0.2) is 4.98 Å². The van der Waals surface area contributed by atoms with Crippen LogP contribution in [0.3, 0.4) is 0 Å². The van der Waals surface area contributed by atoms with Gasteiger partial charge in [0.2, 0.25) is 5.95 Å². The SMILES string of the molecule is Cc1nc(N)nc(N2CC[C@@]3(O)CCNC[C@H]3C2)c1Cl.Cl.Cl. The molecule has 0 unspecified atom stereocenters. The van der Waals surface area contributed by atoms with Crippen molar-refractivity contribution in [2.45, 2.75) is 25.4 Å². The van der Waals surface area contributed by atoms with Crippen molar-refractivity contribution in [2.75, 3.05) is 36.8 Å². The van der Waals surface area contributed by atoms with E-state index in [0.29, 0.717) is 16.5 Å². The van der Waals surface area contributed by atoms with Gasteiger partial charge in [0, 0.05) is 25.6 Å². The first-order valence-electron chi connectivity index (χ1n) is 6.97. The molecule has 126 valence electrons. The molecule has 0 radical (unpaired) electrons. The summed E-state index contributed by atoms with van der Waals surface area (Å²) >= 11 is 6.31. The predicted octanol–water partition coefficient (Wildman–Crippen LogP) is 1.41. The highest BCUT2D eigenvalue weighted by Gasteiger charge is 2.43. The molecule has 9 heteroatoms. The summed E-state index contributed by atoms with van der Waals surface area (Å²) in [6, 6.07) is 0. The number of nitrogens with one attached hydrogen (secondary N) is 1. The number of anilines is 2. The fourth-order valence-corrected chi connectivity index (χ4v) is 3.40. The number of hydrogen-bond acceptors (Lipinski definition) is 6. The Balaban J connectivity index is 0.00000121. The van der Waals surface area contributed by atoms with Crippen LogP contribution in [0.1, 0.15) is 18.5 Å². The van der Waals surface area contributed by atoms with E-state index in [4.69, 9.17) is 17.3 Å². The molecule has 3 rings (SSSR count). The number of nitrogens with zero attached hydrogens (tertiary/aromatic N) is 3. The molecule has 3 heterocycles. The molecule has 1 aromatic rings. The third kappa shape index (κ3) is 3.51. The highest BCUT2D eigenvalue weighted by atomic mass is 35.5. The maximum atomic E-state index is 10.7. The number of aliphatic hydroxyl groups is 1. The van der Waals surface area contributed by atoms with Crippen molar-refractivity contribution in [3.63, 3.8) is 0 Å². The summed E-state index contributed by atoms with van der Waals surface area (Å²) in [5.74, 6) is 1.12. The number of aromatic nitrogens is 2. The molecular weight excluding hydrogens is 349 g/mol. The Bertz CT molecular complexity index is 533. The van der Waals surface area contributed by atoms with E-state index in [0.717, 1.165) is 39.0 Å². The smallest absolute Gasteiger partial charge is 0.222 e. The van der Waals surface area contributed by atoms with Gasteiger partial charge >= 0.3 is 0 Å². The molecule has 0 amide bonds. The Kier molecular flexibility index (Phi) is 6.53. The minimum Gasteiger partial charge on any atom is -0.389 e. The van der Waals surface area contributed by atoms with E-state index in [1.807, 2.05) is 6.92 Å². The Morgan fingerprint density at radius 3 is 2.82 bits per heavy atom. The number of fused-ring (bicyclic) bond motifs is 1. The molecule has 22 heavy (non-hydrogen) atoms. The zero-order chi connectivity index (χ0) is 14.3. The lowest BCUT2D eigenvalue weighted by molar-refractivity contribution is -0.0539. The molecule has 0 bridgehead atoms. The molecule has 2 aliphatic rings. The summed E-state index contributed by atoms with van der Waals surface area (Å²) in [6.45, 7) is 5.01. The molecule has 0 saturated carbocycles. The van der Waals surface area contributed by atoms with Crippen LogP contribution in [0.25, 0.3) is 0 Å². The van der Waals surface area contributed by atoms with E-state index < -0.39 is 5.60 Å². The summed E-state index contributed by atoms with van der Waals surface area (Å²) in [6.07, 6.45) is 1.54. The summed E-state index contributed by atoms with van der Waals surface area (Å²) < 4.78 is 0. The molecule has 2 atom stereocenters.